The molecule has 1 aromatic carbocycles. The average molecular weight is 289 g/mol. The van der Waals surface area contributed by atoms with Crippen molar-refractivity contribution in [2.24, 2.45) is 5.73 Å². The van der Waals surface area contributed by atoms with Gasteiger partial charge in [0.25, 0.3) is 5.91 Å². The molecule has 2 N–H and O–H groups in total. The second kappa shape index (κ2) is 8.21. The zero-order valence-corrected chi connectivity index (χ0v) is 12.9. The number of aldehydes is 1. The van der Waals surface area contributed by atoms with Crippen LogP contribution in [0.5, 0.6) is 0 Å². The third kappa shape index (κ3) is 4.72. The van der Waals surface area contributed by atoms with Crippen molar-refractivity contribution >= 4 is 17.9 Å². The molecule has 0 aliphatic heterocycles. The molecule has 21 heavy (non-hydrogen) atoms. The molecular weight excluding hydrogens is 266 g/mol. The molecule has 0 radical (unpaired) electrons. The van der Waals surface area contributed by atoms with Crippen molar-refractivity contribution < 1.29 is 9.59 Å². The summed E-state index contributed by atoms with van der Waals surface area (Å²) in [6, 6.07) is 9.29. The highest BCUT2D eigenvalue weighted by molar-refractivity contribution is 6.18. The van der Waals surface area contributed by atoms with Crippen LogP contribution < -0.4 is 10.6 Å². The van der Waals surface area contributed by atoms with Crippen LogP contribution in [0.15, 0.2) is 41.6 Å². The first-order valence-electron chi connectivity index (χ1n) is 6.96. The van der Waals surface area contributed by atoms with Gasteiger partial charge in [-0.25, -0.2) is 0 Å². The van der Waals surface area contributed by atoms with Gasteiger partial charge < -0.3 is 15.5 Å². The lowest BCUT2D eigenvalue weighted by Crippen LogP contribution is -2.38. The molecule has 0 unspecified atom stereocenters. The van der Waals surface area contributed by atoms with Crippen molar-refractivity contribution in [1.82, 2.24) is 4.90 Å². The van der Waals surface area contributed by atoms with Gasteiger partial charge in [0.1, 0.15) is 0 Å². The van der Waals surface area contributed by atoms with Crippen LogP contribution in [0.1, 0.15) is 13.3 Å². The van der Waals surface area contributed by atoms with Crippen LogP contribution in [-0.2, 0) is 9.59 Å². The van der Waals surface area contributed by atoms with E-state index in [1.165, 1.54) is 0 Å². The van der Waals surface area contributed by atoms with Gasteiger partial charge in [0, 0.05) is 24.5 Å². The van der Waals surface area contributed by atoms with Gasteiger partial charge in [-0.1, -0.05) is 25.1 Å². The third-order valence-electron chi connectivity index (χ3n) is 3.16. The van der Waals surface area contributed by atoms with Crippen molar-refractivity contribution in [3.63, 3.8) is 0 Å². The van der Waals surface area contributed by atoms with Crippen LogP contribution in [0.3, 0.4) is 0 Å². The minimum Gasteiger partial charge on any atom is -0.401 e. The summed E-state index contributed by atoms with van der Waals surface area (Å²) in [5, 5.41) is 0. The Balaban J connectivity index is 3.12. The van der Waals surface area contributed by atoms with E-state index in [4.69, 9.17) is 5.73 Å². The fourth-order valence-corrected chi connectivity index (χ4v) is 1.86. The normalized spacial score (nSPS) is 12.0. The summed E-state index contributed by atoms with van der Waals surface area (Å²) >= 11 is 0. The summed E-state index contributed by atoms with van der Waals surface area (Å²) in [5.41, 5.74) is 6.91. The summed E-state index contributed by atoms with van der Waals surface area (Å²) in [5.74, 6) is -0.350. The largest absolute Gasteiger partial charge is 0.401 e. The van der Waals surface area contributed by atoms with Gasteiger partial charge in [-0.05, 0) is 32.6 Å². The number of hydrogen-bond acceptors (Lipinski definition) is 4. The Morgan fingerprint density at radius 2 is 1.81 bits per heavy atom. The highest BCUT2D eigenvalue weighted by Gasteiger charge is 2.21. The minimum atomic E-state index is -0.350. The van der Waals surface area contributed by atoms with E-state index in [0.717, 1.165) is 5.69 Å². The summed E-state index contributed by atoms with van der Waals surface area (Å²) < 4.78 is 0. The molecule has 0 fully saturated rings. The highest BCUT2D eigenvalue weighted by atomic mass is 16.2. The molecule has 0 saturated heterocycles. The Kier molecular flexibility index (Phi) is 6.62. The predicted molar refractivity (Wildman–Crippen MR) is 84.9 cm³/mol. The van der Waals surface area contributed by atoms with E-state index < -0.39 is 0 Å². The highest BCUT2D eigenvalue weighted by Crippen LogP contribution is 2.16. The van der Waals surface area contributed by atoms with Crippen molar-refractivity contribution in [3.8, 4) is 0 Å². The number of rotatable bonds is 7. The molecule has 0 aliphatic carbocycles. The first-order valence-corrected chi connectivity index (χ1v) is 6.96. The molecule has 5 heteroatoms. The van der Waals surface area contributed by atoms with Crippen LogP contribution in [0, 0.1) is 0 Å². The fourth-order valence-electron chi connectivity index (χ4n) is 1.86. The molecule has 0 heterocycles. The summed E-state index contributed by atoms with van der Waals surface area (Å²) in [6.07, 6.45) is 1.02. The smallest absolute Gasteiger partial charge is 0.263 e. The monoisotopic (exact) mass is 289 g/mol. The lowest BCUT2D eigenvalue weighted by Gasteiger charge is -2.25. The average Bonchev–Trinajstić information content (AvgIpc) is 2.48. The van der Waals surface area contributed by atoms with Gasteiger partial charge in [0.2, 0.25) is 0 Å². The molecule has 1 aromatic rings. The predicted octanol–water partition coefficient (Wildman–Crippen LogP) is 1.40. The van der Waals surface area contributed by atoms with Crippen molar-refractivity contribution in [1.29, 1.82) is 0 Å². The SMILES string of the molecule is CCC(N)=C(C=O)C(=O)N(CCN(C)C)c1ccccc1. The van der Waals surface area contributed by atoms with Crippen LogP contribution in [0.2, 0.25) is 0 Å². The van der Waals surface area contributed by atoms with E-state index in [0.29, 0.717) is 31.5 Å². The Bertz CT molecular complexity index is 510. The van der Waals surface area contributed by atoms with Gasteiger partial charge in [-0.2, -0.15) is 0 Å². The number of likely N-dealkylation sites (N-methyl/N-ethyl adjacent to an activating group) is 1. The molecule has 0 aromatic heterocycles. The van der Waals surface area contributed by atoms with Gasteiger partial charge in [-0.15, -0.1) is 0 Å². The molecular formula is C16H23N3O2. The quantitative estimate of drug-likeness (QED) is 0.357. The maximum Gasteiger partial charge on any atom is 0.263 e. The molecule has 0 spiro atoms. The Morgan fingerprint density at radius 3 is 2.29 bits per heavy atom. The van der Waals surface area contributed by atoms with E-state index in [-0.39, 0.29) is 11.5 Å². The number of anilines is 1. The number of nitrogens with two attached hydrogens (primary N) is 1. The zero-order chi connectivity index (χ0) is 15.8. The lowest BCUT2D eigenvalue weighted by atomic mass is 10.1. The number of allylic oxidation sites excluding steroid dienone is 1. The maximum atomic E-state index is 12.6. The van der Waals surface area contributed by atoms with Crippen LogP contribution in [-0.4, -0.2) is 44.3 Å². The summed E-state index contributed by atoms with van der Waals surface area (Å²) in [4.78, 5) is 27.4. The number of para-hydroxylation sites is 1. The Labute approximate surface area is 126 Å². The van der Waals surface area contributed by atoms with Crippen molar-refractivity contribution in [2.75, 3.05) is 32.1 Å². The van der Waals surface area contributed by atoms with E-state index in [9.17, 15) is 9.59 Å². The van der Waals surface area contributed by atoms with Crippen molar-refractivity contribution in [2.45, 2.75) is 13.3 Å². The third-order valence-corrected chi connectivity index (χ3v) is 3.16. The van der Waals surface area contributed by atoms with Gasteiger partial charge in [-0.3, -0.25) is 9.59 Å². The van der Waals surface area contributed by atoms with Gasteiger partial charge >= 0.3 is 0 Å². The summed E-state index contributed by atoms with van der Waals surface area (Å²) in [7, 11) is 3.87. The summed E-state index contributed by atoms with van der Waals surface area (Å²) in [6.45, 7) is 3.00. The second-order valence-electron chi connectivity index (χ2n) is 5.01. The van der Waals surface area contributed by atoms with E-state index in [2.05, 4.69) is 0 Å². The zero-order valence-electron chi connectivity index (χ0n) is 12.9. The minimum absolute atomic E-state index is 0.0418. The van der Waals surface area contributed by atoms with E-state index >= 15 is 0 Å². The lowest BCUT2D eigenvalue weighted by molar-refractivity contribution is -0.117. The van der Waals surface area contributed by atoms with Crippen LogP contribution in [0.25, 0.3) is 0 Å². The van der Waals surface area contributed by atoms with Gasteiger partial charge in [0.05, 0.1) is 5.57 Å². The fraction of sp³-hybridized carbons (Fsp3) is 0.375. The van der Waals surface area contributed by atoms with Crippen molar-refractivity contribution in [3.05, 3.63) is 41.6 Å². The maximum absolute atomic E-state index is 12.6. The number of carbonyl (C=O) groups is 2. The van der Waals surface area contributed by atoms with E-state index in [1.54, 1.807) is 4.90 Å². The van der Waals surface area contributed by atoms with Gasteiger partial charge in [0.15, 0.2) is 6.29 Å². The molecule has 0 aliphatic rings. The first-order chi connectivity index (χ1) is 10.0. The molecule has 0 atom stereocenters. The number of amides is 1. The van der Waals surface area contributed by atoms with Crippen LogP contribution in [0.4, 0.5) is 5.69 Å². The standard InChI is InChI=1S/C16H23N3O2/c1-4-15(17)14(12-20)16(21)19(11-10-18(2)3)13-8-6-5-7-9-13/h5-9,12H,4,10-11,17H2,1-3H3. The number of carbonyl (C=O) groups excluding carboxylic acids is 2. The second-order valence-corrected chi connectivity index (χ2v) is 5.01. The number of benzene rings is 1. The Hall–Kier alpha value is -2.14. The van der Waals surface area contributed by atoms with Crippen LogP contribution >= 0.6 is 0 Å². The Morgan fingerprint density at radius 1 is 1.19 bits per heavy atom. The first kappa shape index (κ1) is 16.9. The molecule has 5 nitrogen and oxygen atoms in total. The number of nitrogens with zero attached hydrogens (tertiary/aromatic N) is 2. The molecule has 0 saturated carbocycles. The molecule has 1 amide bonds. The number of hydrogen-bond donors (Lipinski definition) is 1. The van der Waals surface area contributed by atoms with E-state index in [1.807, 2.05) is 56.3 Å². The topological polar surface area (TPSA) is 66.6 Å². The molecule has 0 bridgehead atoms. The molecule has 114 valence electrons. The molecule has 1 rings (SSSR count).